The van der Waals surface area contributed by atoms with Gasteiger partial charge in [0.25, 0.3) is 0 Å². The summed E-state index contributed by atoms with van der Waals surface area (Å²) in [4.78, 5) is 0. The number of hydrogen-bond donors (Lipinski definition) is 0. The molecule has 0 aromatic heterocycles. The Bertz CT molecular complexity index is 782. The topological polar surface area (TPSA) is 0 Å². The van der Waals surface area contributed by atoms with E-state index in [0.29, 0.717) is 5.92 Å². The van der Waals surface area contributed by atoms with Gasteiger partial charge in [-0.2, -0.15) is 0 Å². The van der Waals surface area contributed by atoms with Gasteiger partial charge in [-0.3, -0.25) is 0 Å². The highest BCUT2D eigenvalue weighted by molar-refractivity contribution is 5.60. The van der Waals surface area contributed by atoms with Crippen LogP contribution in [0.15, 0.2) is 78.9 Å². The van der Waals surface area contributed by atoms with Crippen LogP contribution in [0.5, 0.6) is 0 Å². The Morgan fingerprint density at radius 2 is 1.13 bits per heavy atom. The summed E-state index contributed by atoms with van der Waals surface area (Å²) in [5.74, 6) is 0.479. The average Bonchev–Trinajstić information content (AvgIpc) is 2.60. The summed E-state index contributed by atoms with van der Waals surface area (Å²) in [6.45, 7) is 4.71. The van der Waals surface area contributed by atoms with Crippen molar-refractivity contribution in [3.8, 4) is 0 Å². The van der Waals surface area contributed by atoms with Gasteiger partial charge in [0.2, 0.25) is 0 Å². The van der Waals surface area contributed by atoms with E-state index in [4.69, 9.17) is 0 Å². The molecule has 0 aliphatic heterocycles. The molecule has 0 bridgehead atoms. The SMILES string of the molecule is CC(C)C1(c2ccccc2)c2ccccc2Cc2ccccc21. The monoisotopic (exact) mass is 298 g/mol. The summed E-state index contributed by atoms with van der Waals surface area (Å²) in [5, 5.41) is 0. The van der Waals surface area contributed by atoms with Crippen LogP contribution in [0, 0.1) is 5.92 Å². The van der Waals surface area contributed by atoms with Crippen molar-refractivity contribution in [2.24, 2.45) is 5.92 Å². The third-order valence-electron chi connectivity index (χ3n) is 5.36. The Labute approximate surface area is 138 Å². The zero-order chi connectivity index (χ0) is 15.9. The fourth-order valence-electron chi connectivity index (χ4n) is 4.44. The molecule has 0 heteroatoms. The zero-order valence-corrected chi connectivity index (χ0v) is 13.8. The first-order valence-corrected chi connectivity index (χ1v) is 8.47. The first-order chi connectivity index (χ1) is 11.2. The molecular formula is C23H22. The molecule has 23 heavy (non-hydrogen) atoms. The Balaban J connectivity index is 2.13. The predicted molar refractivity (Wildman–Crippen MR) is 96.9 cm³/mol. The second kappa shape index (κ2) is 5.38. The van der Waals surface area contributed by atoms with Crippen molar-refractivity contribution in [2.75, 3.05) is 0 Å². The lowest BCUT2D eigenvalue weighted by molar-refractivity contribution is 0.426. The van der Waals surface area contributed by atoms with Crippen molar-refractivity contribution < 1.29 is 0 Å². The van der Waals surface area contributed by atoms with Crippen LogP contribution in [0.25, 0.3) is 0 Å². The number of hydrogen-bond acceptors (Lipinski definition) is 0. The van der Waals surface area contributed by atoms with Crippen molar-refractivity contribution in [1.29, 1.82) is 0 Å². The molecule has 0 saturated carbocycles. The summed E-state index contributed by atoms with van der Waals surface area (Å²) in [7, 11) is 0. The molecule has 3 aromatic carbocycles. The minimum atomic E-state index is -0.0628. The van der Waals surface area contributed by atoms with Gasteiger partial charge < -0.3 is 0 Å². The van der Waals surface area contributed by atoms with E-state index in [1.54, 1.807) is 0 Å². The molecule has 1 aliphatic rings. The van der Waals surface area contributed by atoms with Crippen LogP contribution in [0.3, 0.4) is 0 Å². The van der Waals surface area contributed by atoms with Gasteiger partial charge in [0.05, 0.1) is 0 Å². The summed E-state index contributed by atoms with van der Waals surface area (Å²) >= 11 is 0. The molecule has 0 amide bonds. The quantitative estimate of drug-likeness (QED) is 0.579. The van der Waals surface area contributed by atoms with E-state index in [9.17, 15) is 0 Å². The van der Waals surface area contributed by atoms with Crippen molar-refractivity contribution in [2.45, 2.75) is 25.7 Å². The molecule has 1 aliphatic carbocycles. The van der Waals surface area contributed by atoms with Crippen molar-refractivity contribution in [3.05, 3.63) is 107 Å². The van der Waals surface area contributed by atoms with Crippen LogP contribution >= 0.6 is 0 Å². The van der Waals surface area contributed by atoms with Gasteiger partial charge in [0, 0.05) is 5.41 Å². The molecule has 0 radical (unpaired) electrons. The third kappa shape index (κ3) is 1.98. The highest BCUT2D eigenvalue weighted by Crippen LogP contribution is 2.50. The third-order valence-corrected chi connectivity index (χ3v) is 5.36. The van der Waals surface area contributed by atoms with Gasteiger partial charge in [-0.15, -0.1) is 0 Å². The van der Waals surface area contributed by atoms with Gasteiger partial charge in [0.1, 0.15) is 0 Å². The Kier molecular flexibility index (Phi) is 3.34. The first kappa shape index (κ1) is 14.3. The van der Waals surface area contributed by atoms with Gasteiger partial charge in [0.15, 0.2) is 0 Å². The molecule has 0 unspecified atom stereocenters. The fourth-order valence-corrected chi connectivity index (χ4v) is 4.44. The second-order valence-electron chi connectivity index (χ2n) is 6.82. The van der Waals surface area contributed by atoms with Crippen LogP contribution in [0.2, 0.25) is 0 Å². The Morgan fingerprint density at radius 3 is 1.65 bits per heavy atom. The summed E-state index contributed by atoms with van der Waals surface area (Å²) in [5.41, 5.74) is 7.20. The van der Waals surface area contributed by atoms with Gasteiger partial charge in [-0.05, 0) is 40.2 Å². The van der Waals surface area contributed by atoms with E-state index >= 15 is 0 Å². The molecule has 3 aromatic rings. The van der Waals surface area contributed by atoms with Gasteiger partial charge >= 0.3 is 0 Å². The largest absolute Gasteiger partial charge is 0.0622 e. The molecule has 0 nitrogen and oxygen atoms in total. The second-order valence-corrected chi connectivity index (χ2v) is 6.82. The van der Waals surface area contributed by atoms with Gasteiger partial charge in [-0.1, -0.05) is 92.7 Å². The van der Waals surface area contributed by atoms with Crippen LogP contribution in [-0.4, -0.2) is 0 Å². The Morgan fingerprint density at radius 1 is 0.652 bits per heavy atom. The maximum absolute atomic E-state index is 2.35. The molecule has 0 fully saturated rings. The molecule has 0 saturated heterocycles. The molecule has 0 atom stereocenters. The summed E-state index contributed by atoms with van der Waals surface area (Å²) in [6.07, 6.45) is 1.04. The van der Waals surface area contributed by atoms with E-state index < -0.39 is 0 Å². The lowest BCUT2D eigenvalue weighted by Crippen LogP contribution is -2.39. The first-order valence-electron chi connectivity index (χ1n) is 8.47. The maximum Gasteiger partial charge on any atom is 0.0479 e. The molecule has 114 valence electrons. The van der Waals surface area contributed by atoms with E-state index in [2.05, 4.69) is 92.7 Å². The van der Waals surface area contributed by atoms with Crippen molar-refractivity contribution in [1.82, 2.24) is 0 Å². The van der Waals surface area contributed by atoms with Crippen LogP contribution in [0.4, 0.5) is 0 Å². The minimum Gasteiger partial charge on any atom is -0.0622 e. The van der Waals surface area contributed by atoms with E-state index in [1.807, 2.05) is 0 Å². The average molecular weight is 298 g/mol. The smallest absolute Gasteiger partial charge is 0.0479 e. The molecule has 0 N–H and O–H groups in total. The van der Waals surface area contributed by atoms with Crippen LogP contribution in [-0.2, 0) is 11.8 Å². The van der Waals surface area contributed by atoms with Crippen molar-refractivity contribution >= 4 is 0 Å². The van der Waals surface area contributed by atoms with Crippen molar-refractivity contribution in [3.63, 3.8) is 0 Å². The van der Waals surface area contributed by atoms with E-state index in [0.717, 1.165) is 6.42 Å². The molecule has 4 rings (SSSR count). The van der Waals surface area contributed by atoms with Gasteiger partial charge in [-0.25, -0.2) is 0 Å². The minimum absolute atomic E-state index is 0.0628. The Hall–Kier alpha value is -2.34. The number of benzene rings is 3. The molecule has 0 heterocycles. The zero-order valence-electron chi connectivity index (χ0n) is 13.8. The predicted octanol–water partition coefficient (Wildman–Crippen LogP) is 5.58. The highest BCUT2D eigenvalue weighted by atomic mass is 14.5. The standard InChI is InChI=1S/C23H22/c1-17(2)23(20-12-4-3-5-13-20)21-14-8-6-10-18(21)16-19-11-7-9-15-22(19)23/h3-15,17H,16H2,1-2H3. The summed E-state index contributed by atoms with van der Waals surface area (Å²) < 4.78 is 0. The number of fused-ring (bicyclic) bond motifs is 2. The lowest BCUT2D eigenvalue weighted by Gasteiger charge is -2.45. The molecular weight excluding hydrogens is 276 g/mol. The number of rotatable bonds is 2. The summed E-state index contributed by atoms with van der Waals surface area (Å²) in [6, 6.07) is 29.0. The highest BCUT2D eigenvalue weighted by Gasteiger charge is 2.44. The maximum atomic E-state index is 2.35. The fraction of sp³-hybridized carbons (Fsp3) is 0.217. The molecule has 0 spiro atoms. The van der Waals surface area contributed by atoms with E-state index in [-0.39, 0.29) is 5.41 Å². The lowest BCUT2D eigenvalue weighted by atomic mass is 9.58. The normalized spacial score (nSPS) is 15.1. The van der Waals surface area contributed by atoms with E-state index in [1.165, 1.54) is 27.8 Å². The van der Waals surface area contributed by atoms with Crippen LogP contribution < -0.4 is 0 Å². The van der Waals surface area contributed by atoms with Crippen LogP contribution in [0.1, 0.15) is 41.7 Å².